The largest absolute Gasteiger partial charge is 0.488 e. The Bertz CT molecular complexity index is 987. The van der Waals surface area contributed by atoms with Crippen LogP contribution in [0.15, 0.2) is 29.3 Å². The molecule has 0 aliphatic carbocycles. The maximum absolute atomic E-state index is 14.9. The second-order valence-corrected chi connectivity index (χ2v) is 6.52. The minimum Gasteiger partial charge on any atom is -0.488 e. The first kappa shape index (κ1) is 19.5. The van der Waals surface area contributed by atoms with Crippen LogP contribution in [0.5, 0.6) is 5.75 Å². The highest BCUT2D eigenvalue weighted by Crippen LogP contribution is 2.39. The fraction of sp³-hybridized carbons (Fsp3) is 0.294. The number of rotatable bonds is 5. The lowest BCUT2D eigenvalue weighted by molar-refractivity contribution is -0.140. The summed E-state index contributed by atoms with van der Waals surface area (Å²) in [5.41, 5.74) is -1.50. The van der Waals surface area contributed by atoms with Crippen LogP contribution < -0.4 is 4.74 Å². The maximum atomic E-state index is 14.9. The maximum Gasteiger partial charge on any atom is 0.419 e. The van der Waals surface area contributed by atoms with E-state index in [9.17, 15) is 22.0 Å². The average molecular weight is 450 g/mol. The molecule has 0 aliphatic heterocycles. The molecule has 0 aliphatic rings. The van der Waals surface area contributed by atoms with Gasteiger partial charge in [-0.1, -0.05) is 13.3 Å². The molecule has 0 saturated heterocycles. The summed E-state index contributed by atoms with van der Waals surface area (Å²) in [7, 11) is 0. The van der Waals surface area contributed by atoms with Crippen molar-refractivity contribution in [1.82, 2.24) is 14.5 Å². The fourth-order valence-electron chi connectivity index (χ4n) is 2.50. The van der Waals surface area contributed by atoms with Gasteiger partial charge in [0, 0.05) is 0 Å². The number of aromatic nitrogens is 3. The lowest BCUT2D eigenvalue weighted by atomic mass is 10.1. The van der Waals surface area contributed by atoms with E-state index in [2.05, 4.69) is 25.9 Å². The van der Waals surface area contributed by atoms with E-state index in [-0.39, 0.29) is 12.1 Å². The van der Waals surface area contributed by atoms with Gasteiger partial charge in [-0.15, -0.1) is 0 Å². The van der Waals surface area contributed by atoms with Crippen LogP contribution in [0.3, 0.4) is 0 Å². The predicted molar refractivity (Wildman–Crippen MR) is 91.9 cm³/mol. The van der Waals surface area contributed by atoms with Gasteiger partial charge in [0.1, 0.15) is 10.9 Å². The Balaban J connectivity index is 2.23. The summed E-state index contributed by atoms with van der Waals surface area (Å²) in [6.07, 6.45) is -1.46. The Hall–Kier alpha value is -2.23. The van der Waals surface area contributed by atoms with Gasteiger partial charge in [0.05, 0.1) is 35.1 Å². The summed E-state index contributed by atoms with van der Waals surface area (Å²) < 4.78 is 75.6. The summed E-state index contributed by atoms with van der Waals surface area (Å²) in [5.74, 6) is -4.07. The zero-order valence-electron chi connectivity index (χ0n) is 13.9. The van der Waals surface area contributed by atoms with Gasteiger partial charge >= 0.3 is 6.18 Å². The normalized spacial score (nSPS) is 12.0. The number of hydrogen-bond acceptors (Lipinski definition) is 3. The first-order chi connectivity index (χ1) is 12.7. The van der Waals surface area contributed by atoms with Crippen molar-refractivity contribution in [2.24, 2.45) is 0 Å². The van der Waals surface area contributed by atoms with Crippen LogP contribution in [0.1, 0.15) is 25.3 Å². The zero-order valence-corrected chi connectivity index (χ0v) is 15.5. The number of nitrogens with zero attached hydrogens (tertiary/aromatic N) is 3. The van der Waals surface area contributed by atoms with E-state index in [1.54, 1.807) is 0 Å². The number of pyridine rings is 1. The average Bonchev–Trinajstić information content (AvgIpc) is 2.99. The number of imidazole rings is 1. The third-order valence-corrected chi connectivity index (χ3v) is 4.28. The quantitative estimate of drug-likeness (QED) is 0.286. The van der Waals surface area contributed by atoms with Gasteiger partial charge in [-0.25, -0.2) is 18.7 Å². The highest BCUT2D eigenvalue weighted by molar-refractivity contribution is 9.10. The summed E-state index contributed by atoms with van der Waals surface area (Å²) in [6.45, 7) is 1.71. The number of ether oxygens (including phenoxy) is 1. The molecule has 0 amide bonds. The van der Waals surface area contributed by atoms with Crippen LogP contribution in [0.2, 0.25) is 0 Å². The van der Waals surface area contributed by atoms with E-state index in [1.807, 2.05) is 6.92 Å². The van der Waals surface area contributed by atoms with Crippen molar-refractivity contribution in [3.8, 4) is 11.4 Å². The number of fused-ring (bicyclic) bond motifs is 1. The van der Waals surface area contributed by atoms with Crippen LogP contribution in [-0.2, 0) is 6.18 Å². The van der Waals surface area contributed by atoms with E-state index in [1.165, 1.54) is 12.3 Å². The molecule has 4 nitrogen and oxygen atoms in total. The van der Waals surface area contributed by atoms with Gasteiger partial charge < -0.3 is 4.74 Å². The molecule has 2 aromatic heterocycles. The predicted octanol–water partition coefficient (Wildman–Crippen LogP) is 5.66. The van der Waals surface area contributed by atoms with Gasteiger partial charge in [-0.05, 0) is 34.5 Å². The zero-order chi connectivity index (χ0) is 19.8. The number of halogens is 6. The van der Waals surface area contributed by atoms with Gasteiger partial charge in [-0.2, -0.15) is 13.2 Å². The van der Waals surface area contributed by atoms with Gasteiger partial charge in [-0.3, -0.25) is 4.57 Å². The molecule has 1 aromatic carbocycles. The molecule has 10 heteroatoms. The van der Waals surface area contributed by atoms with Gasteiger partial charge in [0.15, 0.2) is 17.4 Å². The summed E-state index contributed by atoms with van der Waals surface area (Å²) in [6, 6.07) is 1.93. The molecule has 144 valence electrons. The minimum absolute atomic E-state index is 0.107. The van der Waals surface area contributed by atoms with Crippen LogP contribution in [0.25, 0.3) is 16.7 Å². The Morgan fingerprint density at radius 3 is 2.56 bits per heavy atom. The van der Waals surface area contributed by atoms with Crippen molar-refractivity contribution in [2.45, 2.75) is 25.9 Å². The van der Waals surface area contributed by atoms with Crippen LogP contribution in [0.4, 0.5) is 22.0 Å². The Labute approximate surface area is 159 Å². The van der Waals surface area contributed by atoms with Crippen LogP contribution >= 0.6 is 15.9 Å². The number of unbranched alkanes of at least 4 members (excludes halogenated alkanes) is 1. The molecule has 0 spiro atoms. The highest BCUT2D eigenvalue weighted by Gasteiger charge is 2.38. The third-order valence-electron chi connectivity index (χ3n) is 3.85. The molecule has 0 fully saturated rings. The van der Waals surface area contributed by atoms with Gasteiger partial charge in [0.2, 0.25) is 0 Å². The number of alkyl halides is 3. The van der Waals surface area contributed by atoms with Crippen molar-refractivity contribution in [3.63, 3.8) is 0 Å². The van der Waals surface area contributed by atoms with Gasteiger partial charge in [0.25, 0.3) is 0 Å². The molecule has 27 heavy (non-hydrogen) atoms. The Morgan fingerprint density at radius 1 is 1.15 bits per heavy atom. The standard InChI is InChI=1S/C17H13BrF5N3O/c1-2-3-4-27-16-14(19)9(17(21,22)23)5-11(15(16)20)26-8-25-10-6-13(18)24-7-12(10)26/h5-8H,2-4H2,1H3. The molecule has 3 aromatic rings. The molecule has 0 N–H and O–H groups in total. The third kappa shape index (κ3) is 3.76. The highest BCUT2D eigenvalue weighted by atomic mass is 79.9. The number of hydrogen-bond donors (Lipinski definition) is 0. The minimum atomic E-state index is -5.02. The summed E-state index contributed by atoms with van der Waals surface area (Å²) in [5, 5.41) is 0. The number of benzene rings is 1. The summed E-state index contributed by atoms with van der Waals surface area (Å²) >= 11 is 3.15. The molecule has 0 unspecified atom stereocenters. The lowest BCUT2D eigenvalue weighted by Crippen LogP contribution is -2.14. The monoisotopic (exact) mass is 449 g/mol. The molecule has 2 heterocycles. The molecule has 0 bridgehead atoms. The van der Waals surface area contributed by atoms with Crippen LogP contribution in [0, 0.1) is 11.6 Å². The first-order valence-corrected chi connectivity index (χ1v) is 8.74. The Kier molecular flexibility index (Phi) is 5.36. The Morgan fingerprint density at radius 2 is 1.89 bits per heavy atom. The van der Waals surface area contributed by atoms with Crippen molar-refractivity contribution >= 4 is 27.0 Å². The van der Waals surface area contributed by atoms with Crippen LogP contribution in [-0.4, -0.2) is 21.1 Å². The molecule has 0 saturated carbocycles. The van der Waals surface area contributed by atoms with E-state index < -0.39 is 34.8 Å². The second kappa shape index (κ2) is 7.41. The molecule has 0 atom stereocenters. The molecule has 0 radical (unpaired) electrons. The van der Waals surface area contributed by atoms with E-state index in [4.69, 9.17) is 4.74 Å². The summed E-state index contributed by atoms with van der Waals surface area (Å²) in [4.78, 5) is 8.00. The molecular weight excluding hydrogens is 437 g/mol. The van der Waals surface area contributed by atoms with Crippen molar-refractivity contribution in [3.05, 3.63) is 46.5 Å². The smallest absolute Gasteiger partial charge is 0.419 e. The van der Waals surface area contributed by atoms with E-state index >= 15 is 0 Å². The van der Waals surface area contributed by atoms with Crippen molar-refractivity contribution in [1.29, 1.82) is 0 Å². The van der Waals surface area contributed by atoms with E-state index in [0.29, 0.717) is 29.0 Å². The first-order valence-electron chi connectivity index (χ1n) is 7.95. The topological polar surface area (TPSA) is 39.9 Å². The second-order valence-electron chi connectivity index (χ2n) is 5.71. The van der Waals surface area contributed by atoms with Crippen molar-refractivity contribution in [2.75, 3.05) is 6.61 Å². The van der Waals surface area contributed by atoms with E-state index in [0.717, 1.165) is 10.9 Å². The molecule has 3 rings (SSSR count). The fourth-order valence-corrected chi connectivity index (χ4v) is 2.82. The lowest BCUT2D eigenvalue weighted by Gasteiger charge is -2.17. The SMILES string of the molecule is CCCCOc1c(F)c(-n2cnc3cc(Br)ncc32)cc(C(F)(F)F)c1F. The van der Waals surface area contributed by atoms with Crippen molar-refractivity contribution < 1.29 is 26.7 Å². The molecular formula is C17H13BrF5N3O.